The third kappa shape index (κ3) is 2.86. The zero-order chi connectivity index (χ0) is 17.9. The monoisotopic (exact) mass is 341 g/mol. The second-order valence-corrected chi connectivity index (χ2v) is 5.77. The molecule has 0 saturated heterocycles. The molecule has 0 aliphatic rings. The average Bonchev–Trinajstić information content (AvgIpc) is 3.13. The third-order valence-electron chi connectivity index (χ3n) is 4.11. The average molecular weight is 341 g/mol. The summed E-state index contributed by atoms with van der Waals surface area (Å²) >= 11 is 0. The van der Waals surface area contributed by atoms with Crippen molar-refractivity contribution in [2.24, 2.45) is 0 Å². The summed E-state index contributed by atoms with van der Waals surface area (Å²) in [5, 5.41) is 2.82. The highest BCUT2D eigenvalue weighted by atomic mass is 16.2. The van der Waals surface area contributed by atoms with E-state index in [0.717, 1.165) is 11.0 Å². The molecule has 0 atom stereocenters. The fourth-order valence-corrected chi connectivity index (χ4v) is 2.81. The van der Waals surface area contributed by atoms with Crippen molar-refractivity contribution in [1.29, 1.82) is 0 Å². The van der Waals surface area contributed by atoms with Crippen molar-refractivity contribution in [3.05, 3.63) is 96.3 Å². The second kappa shape index (κ2) is 6.64. The molecule has 0 aliphatic carbocycles. The highest BCUT2D eigenvalue weighted by Gasteiger charge is 2.17. The van der Waals surface area contributed by atoms with Crippen LogP contribution in [0.25, 0.3) is 11.0 Å². The SMILES string of the molecule is O=C(Nc1ccccc1C(=O)n1cnc2ccccc21)c1ccccc1. The highest BCUT2D eigenvalue weighted by Crippen LogP contribution is 2.20. The van der Waals surface area contributed by atoms with Crippen molar-refractivity contribution in [3.63, 3.8) is 0 Å². The maximum Gasteiger partial charge on any atom is 0.265 e. The molecule has 0 radical (unpaired) electrons. The third-order valence-corrected chi connectivity index (χ3v) is 4.11. The van der Waals surface area contributed by atoms with E-state index in [-0.39, 0.29) is 11.8 Å². The van der Waals surface area contributed by atoms with Gasteiger partial charge < -0.3 is 5.32 Å². The van der Waals surface area contributed by atoms with Gasteiger partial charge in [-0.25, -0.2) is 4.98 Å². The minimum absolute atomic E-state index is 0.248. The number of carbonyl (C=O) groups is 2. The summed E-state index contributed by atoms with van der Waals surface area (Å²) < 4.78 is 1.49. The van der Waals surface area contributed by atoms with Crippen molar-refractivity contribution in [2.75, 3.05) is 5.32 Å². The van der Waals surface area contributed by atoms with Gasteiger partial charge >= 0.3 is 0 Å². The molecule has 4 rings (SSSR count). The lowest BCUT2D eigenvalue weighted by Crippen LogP contribution is -2.17. The Morgan fingerprint density at radius 2 is 1.50 bits per heavy atom. The molecule has 1 aromatic heterocycles. The Bertz CT molecular complexity index is 1100. The lowest BCUT2D eigenvalue weighted by atomic mass is 10.1. The molecular formula is C21H15N3O2. The number of anilines is 1. The number of benzene rings is 3. The smallest absolute Gasteiger partial charge is 0.265 e. The van der Waals surface area contributed by atoms with Gasteiger partial charge in [0.2, 0.25) is 0 Å². The summed E-state index contributed by atoms with van der Waals surface area (Å²) in [4.78, 5) is 29.7. The molecule has 4 aromatic rings. The number of rotatable bonds is 3. The number of carbonyl (C=O) groups excluding carboxylic acids is 2. The number of nitrogens with zero attached hydrogens (tertiary/aromatic N) is 2. The first-order chi connectivity index (χ1) is 12.7. The van der Waals surface area contributed by atoms with Crippen molar-refractivity contribution in [2.45, 2.75) is 0 Å². The molecule has 126 valence electrons. The minimum atomic E-state index is -0.263. The first-order valence-electron chi connectivity index (χ1n) is 8.16. The van der Waals surface area contributed by atoms with Gasteiger partial charge in [-0.3, -0.25) is 14.2 Å². The lowest BCUT2D eigenvalue weighted by Gasteiger charge is -2.11. The summed E-state index contributed by atoms with van der Waals surface area (Å²) in [6, 6.07) is 23.3. The van der Waals surface area contributed by atoms with Gasteiger partial charge in [0.15, 0.2) is 0 Å². The molecule has 1 amide bonds. The Hall–Kier alpha value is -3.73. The number of amides is 1. The predicted molar refractivity (Wildman–Crippen MR) is 100 cm³/mol. The van der Waals surface area contributed by atoms with Gasteiger partial charge in [0.05, 0.1) is 22.3 Å². The Morgan fingerprint density at radius 1 is 0.808 bits per heavy atom. The van der Waals surface area contributed by atoms with E-state index < -0.39 is 0 Å². The molecule has 5 nitrogen and oxygen atoms in total. The van der Waals surface area contributed by atoms with Crippen LogP contribution in [0.4, 0.5) is 5.69 Å². The summed E-state index contributed by atoms with van der Waals surface area (Å²) in [6.07, 6.45) is 1.50. The molecule has 1 N–H and O–H groups in total. The lowest BCUT2D eigenvalue weighted by molar-refractivity contribution is 0.0965. The van der Waals surface area contributed by atoms with Crippen molar-refractivity contribution < 1.29 is 9.59 Å². The number of imidazole rings is 1. The van der Waals surface area contributed by atoms with Crippen molar-refractivity contribution >= 4 is 28.5 Å². The number of hydrogen-bond donors (Lipinski definition) is 1. The van der Waals surface area contributed by atoms with Crippen LogP contribution in [0.2, 0.25) is 0 Å². The number of aromatic nitrogens is 2. The Labute approximate surface area is 149 Å². The first kappa shape index (κ1) is 15.8. The molecule has 0 fully saturated rings. The van der Waals surface area contributed by atoms with Crippen LogP contribution in [0.1, 0.15) is 20.7 Å². The van der Waals surface area contributed by atoms with Crippen LogP contribution in [0, 0.1) is 0 Å². The van der Waals surface area contributed by atoms with Crippen LogP contribution in [0.3, 0.4) is 0 Å². The topological polar surface area (TPSA) is 64.0 Å². The molecule has 1 heterocycles. The van der Waals surface area contributed by atoms with Crippen LogP contribution >= 0.6 is 0 Å². The van der Waals surface area contributed by atoms with E-state index in [1.807, 2.05) is 30.3 Å². The molecule has 0 unspecified atom stereocenters. The van der Waals surface area contributed by atoms with Gasteiger partial charge in [-0.15, -0.1) is 0 Å². The highest BCUT2D eigenvalue weighted by molar-refractivity contribution is 6.10. The van der Waals surface area contributed by atoms with Gasteiger partial charge in [-0.05, 0) is 36.4 Å². The van der Waals surface area contributed by atoms with Crippen LogP contribution in [-0.4, -0.2) is 21.4 Å². The molecule has 0 saturated carbocycles. The van der Waals surface area contributed by atoms with E-state index in [9.17, 15) is 9.59 Å². The second-order valence-electron chi connectivity index (χ2n) is 5.77. The van der Waals surface area contributed by atoms with Crippen LogP contribution < -0.4 is 5.32 Å². The van der Waals surface area contributed by atoms with Gasteiger partial charge in [-0.2, -0.15) is 0 Å². The summed E-state index contributed by atoms with van der Waals surface area (Å²) in [7, 11) is 0. The Kier molecular flexibility index (Phi) is 4.03. The fourth-order valence-electron chi connectivity index (χ4n) is 2.81. The Balaban J connectivity index is 1.69. The van der Waals surface area contributed by atoms with Crippen molar-refractivity contribution in [1.82, 2.24) is 9.55 Å². The molecule has 0 bridgehead atoms. The van der Waals surface area contributed by atoms with Gasteiger partial charge in [-0.1, -0.05) is 42.5 Å². The normalized spacial score (nSPS) is 10.6. The van der Waals surface area contributed by atoms with Crippen LogP contribution in [0.5, 0.6) is 0 Å². The van der Waals surface area contributed by atoms with Crippen LogP contribution in [0.15, 0.2) is 85.2 Å². The summed E-state index contributed by atoms with van der Waals surface area (Å²) in [5.74, 6) is -0.510. The maximum atomic E-state index is 13.0. The minimum Gasteiger partial charge on any atom is -0.321 e. The van der Waals surface area contributed by atoms with E-state index in [2.05, 4.69) is 10.3 Å². The molecule has 0 aliphatic heterocycles. The predicted octanol–water partition coefficient (Wildman–Crippen LogP) is 3.98. The first-order valence-corrected chi connectivity index (χ1v) is 8.16. The van der Waals surface area contributed by atoms with E-state index in [0.29, 0.717) is 16.8 Å². The van der Waals surface area contributed by atoms with E-state index in [1.54, 1.807) is 48.5 Å². The number of para-hydroxylation sites is 3. The zero-order valence-electron chi connectivity index (χ0n) is 13.8. The van der Waals surface area contributed by atoms with Gasteiger partial charge in [0.25, 0.3) is 11.8 Å². The number of fused-ring (bicyclic) bond motifs is 1. The summed E-state index contributed by atoms with van der Waals surface area (Å²) in [6.45, 7) is 0. The maximum absolute atomic E-state index is 13.0. The van der Waals surface area contributed by atoms with E-state index in [4.69, 9.17) is 0 Å². The summed E-state index contributed by atoms with van der Waals surface area (Å²) in [5.41, 5.74) is 2.86. The standard InChI is InChI=1S/C21H15N3O2/c25-20(15-8-2-1-3-9-15)23-17-11-5-4-10-16(17)21(26)24-14-22-18-12-6-7-13-19(18)24/h1-14H,(H,23,25). The zero-order valence-corrected chi connectivity index (χ0v) is 13.8. The number of hydrogen-bond acceptors (Lipinski definition) is 3. The van der Waals surface area contributed by atoms with Crippen LogP contribution in [-0.2, 0) is 0 Å². The number of nitrogens with one attached hydrogen (secondary N) is 1. The quantitative estimate of drug-likeness (QED) is 0.613. The molecule has 3 aromatic carbocycles. The van der Waals surface area contributed by atoms with E-state index >= 15 is 0 Å². The molecule has 5 heteroatoms. The molecule has 26 heavy (non-hydrogen) atoms. The molecular weight excluding hydrogens is 326 g/mol. The van der Waals surface area contributed by atoms with Gasteiger partial charge in [0.1, 0.15) is 6.33 Å². The fraction of sp³-hybridized carbons (Fsp3) is 0. The Morgan fingerprint density at radius 3 is 2.35 bits per heavy atom. The largest absolute Gasteiger partial charge is 0.321 e. The van der Waals surface area contributed by atoms with Gasteiger partial charge in [0, 0.05) is 5.56 Å². The van der Waals surface area contributed by atoms with E-state index in [1.165, 1.54) is 10.9 Å². The molecule has 0 spiro atoms. The van der Waals surface area contributed by atoms with Crippen molar-refractivity contribution in [3.8, 4) is 0 Å².